The first kappa shape index (κ1) is 22.3. The summed E-state index contributed by atoms with van der Waals surface area (Å²) in [5.41, 5.74) is 7.19. The topological polar surface area (TPSA) is 112 Å². The van der Waals surface area contributed by atoms with Gasteiger partial charge in [-0.1, -0.05) is 19.1 Å². The van der Waals surface area contributed by atoms with Gasteiger partial charge in [-0.3, -0.25) is 14.9 Å². The molecule has 6 rings (SSSR count). The summed E-state index contributed by atoms with van der Waals surface area (Å²) < 4.78 is 0. The Labute approximate surface area is 210 Å². The molecule has 0 atom stereocenters. The molecule has 5 aromatic heterocycles. The lowest BCUT2D eigenvalue weighted by molar-refractivity contribution is 0.102. The van der Waals surface area contributed by atoms with Crippen LogP contribution in [0.5, 0.6) is 0 Å². The predicted octanol–water partition coefficient (Wildman–Crippen LogP) is 5.60. The number of hydrogen-bond donors (Lipinski definition) is 3. The number of fused-ring (bicyclic) bond motifs is 2. The quantitative estimate of drug-likeness (QED) is 0.249. The van der Waals surface area contributed by atoms with Crippen molar-refractivity contribution in [3.63, 3.8) is 0 Å². The number of hydrogen-bond acceptors (Lipinski definition) is 7. The number of imidazole rings is 1. The molecule has 0 spiro atoms. The second kappa shape index (κ2) is 9.10. The highest BCUT2D eigenvalue weighted by Gasteiger charge is 2.17. The fourth-order valence-electron chi connectivity index (χ4n) is 4.27. The minimum absolute atomic E-state index is 0.0646. The highest BCUT2D eigenvalue weighted by Crippen LogP contribution is 2.35. The number of rotatable bonds is 7. The van der Waals surface area contributed by atoms with E-state index in [4.69, 9.17) is 4.98 Å². The summed E-state index contributed by atoms with van der Waals surface area (Å²) in [5.74, 6) is 0.722. The van der Waals surface area contributed by atoms with Crippen LogP contribution in [-0.4, -0.2) is 42.5 Å². The third-order valence-corrected chi connectivity index (χ3v) is 7.30. The van der Waals surface area contributed by atoms with Crippen LogP contribution in [0, 0.1) is 0 Å². The molecule has 0 aliphatic carbocycles. The van der Waals surface area contributed by atoms with E-state index >= 15 is 0 Å². The number of carbonyl (C=O) groups is 1. The maximum Gasteiger partial charge on any atom is 0.169 e. The molecule has 0 radical (unpaired) electrons. The maximum absolute atomic E-state index is 11.8. The third kappa shape index (κ3) is 3.98. The number of benzene rings is 1. The van der Waals surface area contributed by atoms with Crippen LogP contribution in [0.25, 0.3) is 55.2 Å². The van der Waals surface area contributed by atoms with Crippen molar-refractivity contribution < 1.29 is 4.79 Å². The van der Waals surface area contributed by atoms with Gasteiger partial charge < -0.3 is 10.3 Å². The molecule has 0 saturated carbocycles. The van der Waals surface area contributed by atoms with Crippen LogP contribution in [0.1, 0.15) is 29.1 Å². The lowest BCUT2D eigenvalue weighted by atomic mass is 10.1. The number of carbonyl (C=O) groups excluding carboxylic acids is 1. The number of Topliss-reactive ketones (excluding diaryl/α,β-unsaturated/α-hetero) is 1. The van der Waals surface area contributed by atoms with Crippen molar-refractivity contribution in [3.05, 3.63) is 71.5 Å². The van der Waals surface area contributed by atoms with Gasteiger partial charge in [-0.15, -0.1) is 11.3 Å². The van der Waals surface area contributed by atoms with E-state index in [-0.39, 0.29) is 5.78 Å². The van der Waals surface area contributed by atoms with Gasteiger partial charge in [0.25, 0.3) is 0 Å². The van der Waals surface area contributed by atoms with E-state index in [1.54, 1.807) is 6.92 Å². The van der Waals surface area contributed by atoms with E-state index in [0.717, 1.165) is 61.5 Å². The molecule has 5 heterocycles. The number of H-pyrrole nitrogens is 2. The lowest BCUT2D eigenvalue weighted by Gasteiger charge is -2.05. The van der Waals surface area contributed by atoms with E-state index in [1.807, 2.05) is 48.9 Å². The third-order valence-electron chi connectivity index (χ3n) is 6.08. The van der Waals surface area contributed by atoms with Gasteiger partial charge in [-0.25, -0.2) is 9.97 Å². The van der Waals surface area contributed by atoms with Crippen LogP contribution in [-0.2, 0) is 6.54 Å². The Morgan fingerprint density at radius 3 is 2.81 bits per heavy atom. The number of pyridine rings is 2. The summed E-state index contributed by atoms with van der Waals surface area (Å²) in [4.78, 5) is 30.9. The molecule has 1 aromatic carbocycles. The standard InChI is InChI=1S/C27H23N7OS/c1-3-28-11-16-9-17(13-29-12-16)18-10-20-25(33-34-26(20)30-14-18)27-31-21-6-4-5-19(24(21)32-27)23-8-7-22(36-23)15(2)35/h4-10,12-14,28H,3,11H2,1-2H3,(H,31,32)(H,30,33,34). The second-order valence-electron chi connectivity index (χ2n) is 8.56. The second-order valence-corrected chi connectivity index (χ2v) is 9.65. The summed E-state index contributed by atoms with van der Waals surface area (Å²) >= 11 is 1.48. The molecule has 9 heteroatoms. The van der Waals surface area contributed by atoms with Crippen molar-refractivity contribution in [2.45, 2.75) is 20.4 Å². The Morgan fingerprint density at radius 2 is 1.97 bits per heavy atom. The van der Waals surface area contributed by atoms with Crippen LogP contribution in [0.4, 0.5) is 0 Å². The molecular weight excluding hydrogens is 470 g/mol. The van der Waals surface area contributed by atoms with Crippen molar-refractivity contribution in [2.75, 3.05) is 6.54 Å². The van der Waals surface area contributed by atoms with Gasteiger partial charge in [0.05, 0.1) is 21.3 Å². The van der Waals surface area contributed by atoms with E-state index in [1.165, 1.54) is 11.3 Å². The normalized spacial score (nSPS) is 11.5. The van der Waals surface area contributed by atoms with Crippen molar-refractivity contribution in [2.24, 2.45) is 0 Å². The first-order chi connectivity index (χ1) is 17.6. The molecule has 0 bridgehead atoms. The minimum atomic E-state index is 0.0646. The molecule has 0 amide bonds. The lowest BCUT2D eigenvalue weighted by Crippen LogP contribution is -2.11. The Hall–Kier alpha value is -4.21. The summed E-state index contributed by atoms with van der Waals surface area (Å²) in [6.45, 7) is 5.34. The van der Waals surface area contributed by atoms with Crippen LogP contribution in [0.2, 0.25) is 0 Å². The summed E-state index contributed by atoms with van der Waals surface area (Å²) in [5, 5.41) is 11.8. The highest BCUT2D eigenvalue weighted by atomic mass is 32.1. The zero-order chi connectivity index (χ0) is 24.6. The fraction of sp³-hybridized carbons (Fsp3) is 0.148. The minimum Gasteiger partial charge on any atom is -0.337 e. The van der Waals surface area contributed by atoms with Crippen molar-refractivity contribution >= 4 is 39.2 Å². The van der Waals surface area contributed by atoms with E-state index in [9.17, 15) is 4.79 Å². The van der Waals surface area contributed by atoms with Crippen LogP contribution >= 0.6 is 11.3 Å². The van der Waals surface area contributed by atoms with E-state index < -0.39 is 0 Å². The Kier molecular flexibility index (Phi) is 5.63. The molecule has 0 fully saturated rings. The van der Waals surface area contributed by atoms with Crippen molar-refractivity contribution in [1.29, 1.82) is 0 Å². The molecule has 0 aliphatic rings. The zero-order valence-electron chi connectivity index (χ0n) is 19.8. The van der Waals surface area contributed by atoms with E-state index in [0.29, 0.717) is 17.2 Å². The average Bonchev–Trinajstić information content (AvgIpc) is 3.64. The molecule has 0 saturated heterocycles. The van der Waals surface area contributed by atoms with Gasteiger partial charge in [-0.05, 0) is 49.4 Å². The SMILES string of the molecule is CCNCc1cncc(-c2cnc3[nH]nc(-c4nc5c(-c6ccc(C(C)=O)s6)cccc5[nH]4)c3c2)c1. The smallest absolute Gasteiger partial charge is 0.169 e. The number of aromatic amines is 2. The van der Waals surface area contributed by atoms with Crippen molar-refractivity contribution in [1.82, 2.24) is 35.5 Å². The zero-order valence-corrected chi connectivity index (χ0v) is 20.6. The van der Waals surface area contributed by atoms with Crippen LogP contribution < -0.4 is 5.32 Å². The molecule has 0 aliphatic heterocycles. The number of aromatic nitrogens is 6. The van der Waals surface area contributed by atoms with Gasteiger partial charge in [0.15, 0.2) is 17.3 Å². The molecule has 8 nitrogen and oxygen atoms in total. The summed E-state index contributed by atoms with van der Waals surface area (Å²) in [6.07, 6.45) is 5.56. The molecular formula is C27H23N7OS. The molecule has 3 N–H and O–H groups in total. The predicted molar refractivity (Wildman–Crippen MR) is 143 cm³/mol. The van der Waals surface area contributed by atoms with Gasteiger partial charge >= 0.3 is 0 Å². The van der Waals surface area contributed by atoms with Crippen molar-refractivity contribution in [3.8, 4) is 33.1 Å². The maximum atomic E-state index is 11.8. The number of nitrogens with zero attached hydrogens (tertiary/aromatic N) is 4. The average molecular weight is 494 g/mol. The van der Waals surface area contributed by atoms with Crippen LogP contribution in [0.3, 0.4) is 0 Å². The Morgan fingerprint density at radius 1 is 1.08 bits per heavy atom. The molecule has 6 aromatic rings. The largest absolute Gasteiger partial charge is 0.337 e. The Balaban J connectivity index is 1.42. The van der Waals surface area contributed by atoms with Crippen LogP contribution in [0.15, 0.2) is 61.1 Å². The highest BCUT2D eigenvalue weighted by molar-refractivity contribution is 7.17. The Bertz CT molecular complexity index is 1730. The molecule has 178 valence electrons. The first-order valence-electron chi connectivity index (χ1n) is 11.7. The van der Waals surface area contributed by atoms with Gasteiger partial charge in [-0.2, -0.15) is 5.10 Å². The first-order valence-corrected chi connectivity index (χ1v) is 12.5. The summed E-state index contributed by atoms with van der Waals surface area (Å²) in [6, 6.07) is 14.0. The van der Waals surface area contributed by atoms with Gasteiger partial charge in [0.2, 0.25) is 0 Å². The van der Waals surface area contributed by atoms with E-state index in [2.05, 4.69) is 49.5 Å². The number of thiophene rings is 1. The number of ketones is 1. The molecule has 36 heavy (non-hydrogen) atoms. The molecule has 0 unspecified atom stereocenters. The van der Waals surface area contributed by atoms with Gasteiger partial charge in [0.1, 0.15) is 5.69 Å². The summed E-state index contributed by atoms with van der Waals surface area (Å²) in [7, 11) is 0. The number of para-hydroxylation sites is 1. The monoisotopic (exact) mass is 493 g/mol. The fourth-order valence-corrected chi connectivity index (χ4v) is 5.20. The number of nitrogens with one attached hydrogen (secondary N) is 3. The van der Waals surface area contributed by atoms with Gasteiger partial charge in [0, 0.05) is 46.7 Å².